The van der Waals surface area contributed by atoms with Gasteiger partial charge < -0.3 is 20.9 Å². The minimum Gasteiger partial charge on any atom is -0.469 e. The first kappa shape index (κ1) is 9.44. The van der Waals surface area contributed by atoms with Gasteiger partial charge in [-0.2, -0.15) is 0 Å². The summed E-state index contributed by atoms with van der Waals surface area (Å²) >= 11 is 0. The molecule has 0 saturated carbocycles. The first-order valence-electron chi connectivity index (χ1n) is 3.92. The van der Waals surface area contributed by atoms with Crippen LogP contribution in [-0.2, 0) is 6.54 Å². The Morgan fingerprint density at radius 2 is 2.38 bits per heavy atom. The predicted molar refractivity (Wildman–Crippen MR) is 50.7 cm³/mol. The molecule has 5 nitrogen and oxygen atoms in total. The summed E-state index contributed by atoms with van der Waals surface area (Å²) in [7, 11) is 1.82. The molecule has 0 aliphatic heterocycles. The van der Waals surface area contributed by atoms with Gasteiger partial charge in [-0.15, -0.1) is 5.10 Å². The highest BCUT2D eigenvalue weighted by Crippen LogP contribution is 2.10. The number of nitrogens with zero attached hydrogens (tertiary/aromatic N) is 2. The number of furan rings is 1. The van der Waals surface area contributed by atoms with Crippen LogP contribution in [0.1, 0.15) is 11.3 Å². The van der Waals surface area contributed by atoms with E-state index >= 15 is 0 Å². The van der Waals surface area contributed by atoms with Crippen molar-refractivity contribution < 1.29 is 4.42 Å². The maximum absolute atomic E-state index is 5.50. The van der Waals surface area contributed by atoms with E-state index in [0.717, 1.165) is 11.3 Å². The van der Waals surface area contributed by atoms with Gasteiger partial charge in [0.15, 0.2) is 0 Å². The molecule has 0 radical (unpaired) electrons. The van der Waals surface area contributed by atoms with E-state index in [9.17, 15) is 0 Å². The summed E-state index contributed by atoms with van der Waals surface area (Å²) in [5.41, 5.74) is 6.58. The molecule has 0 aromatic carbocycles. The number of rotatable bonds is 2. The van der Waals surface area contributed by atoms with Crippen molar-refractivity contribution in [2.75, 3.05) is 7.05 Å². The Morgan fingerprint density at radius 1 is 1.69 bits per heavy atom. The quantitative estimate of drug-likeness (QED) is 0.296. The first-order valence-corrected chi connectivity index (χ1v) is 3.92. The lowest BCUT2D eigenvalue weighted by Gasteiger charge is -2.16. The minimum atomic E-state index is 0.306. The zero-order chi connectivity index (χ0) is 9.84. The fourth-order valence-corrected chi connectivity index (χ4v) is 1.01. The van der Waals surface area contributed by atoms with Crippen LogP contribution in [0.25, 0.3) is 0 Å². The highest BCUT2D eigenvalue weighted by atomic mass is 16.3. The second kappa shape index (κ2) is 3.84. The molecule has 0 amide bonds. The van der Waals surface area contributed by atoms with Crippen molar-refractivity contribution in [2.45, 2.75) is 13.5 Å². The van der Waals surface area contributed by atoms with Gasteiger partial charge in [0.25, 0.3) is 0 Å². The van der Waals surface area contributed by atoms with Crippen LogP contribution in [0.2, 0.25) is 0 Å². The van der Waals surface area contributed by atoms with Gasteiger partial charge >= 0.3 is 0 Å². The zero-order valence-electron chi connectivity index (χ0n) is 7.82. The molecule has 1 aromatic heterocycles. The topological polar surface area (TPSA) is 80.8 Å². The largest absolute Gasteiger partial charge is 0.469 e. The average Bonchev–Trinajstić information content (AvgIpc) is 2.50. The van der Waals surface area contributed by atoms with Crippen LogP contribution in [0, 0.1) is 6.92 Å². The molecule has 0 spiro atoms. The van der Waals surface area contributed by atoms with Crippen LogP contribution in [0.5, 0.6) is 0 Å². The monoisotopic (exact) mass is 182 g/mol. The summed E-state index contributed by atoms with van der Waals surface area (Å²) in [4.78, 5) is 1.75. The predicted octanol–water partition coefficient (Wildman–Crippen LogP) is 0.208. The van der Waals surface area contributed by atoms with Crippen molar-refractivity contribution in [2.24, 2.45) is 16.7 Å². The SMILES string of the molecule is Cc1occc1CN(C)/C(N)=N/N. The molecule has 4 N–H and O–H groups in total. The number of hydrogen-bond acceptors (Lipinski definition) is 3. The van der Waals surface area contributed by atoms with E-state index in [0.29, 0.717) is 12.5 Å². The van der Waals surface area contributed by atoms with Gasteiger partial charge in [0.1, 0.15) is 5.76 Å². The first-order chi connectivity index (χ1) is 6.15. The van der Waals surface area contributed by atoms with Gasteiger partial charge in [-0.1, -0.05) is 0 Å². The molecule has 0 aliphatic carbocycles. The van der Waals surface area contributed by atoms with Gasteiger partial charge in [0.2, 0.25) is 5.96 Å². The molecule has 1 aromatic rings. The lowest BCUT2D eigenvalue weighted by Crippen LogP contribution is -2.34. The molecule has 0 bridgehead atoms. The Kier molecular flexibility index (Phi) is 2.79. The van der Waals surface area contributed by atoms with Crippen LogP contribution in [-0.4, -0.2) is 17.9 Å². The zero-order valence-corrected chi connectivity index (χ0v) is 7.82. The Labute approximate surface area is 77.0 Å². The van der Waals surface area contributed by atoms with Crippen LogP contribution < -0.4 is 11.6 Å². The second-order valence-electron chi connectivity index (χ2n) is 2.85. The molecule has 1 rings (SSSR count). The second-order valence-corrected chi connectivity index (χ2v) is 2.85. The molecular weight excluding hydrogens is 168 g/mol. The molecule has 0 saturated heterocycles. The fourth-order valence-electron chi connectivity index (χ4n) is 1.01. The lowest BCUT2D eigenvalue weighted by atomic mass is 10.2. The standard InChI is InChI=1S/C8H14N4O/c1-6-7(3-4-13-6)5-12(2)8(9)11-10/h3-4H,5,10H2,1-2H3,(H2,9,11). The van der Waals surface area contributed by atoms with Gasteiger partial charge in [0.05, 0.1) is 6.26 Å². The maximum Gasteiger partial charge on any atom is 0.213 e. The van der Waals surface area contributed by atoms with Crippen molar-refractivity contribution in [1.82, 2.24) is 4.90 Å². The van der Waals surface area contributed by atoms with Crippen molar-refractivity contribution >= 4 is 5.96 Å². The molecule has 0 fully saturated rings. The fraction of sp³-hybridized carbons (Fsp3) is 0.375. The molecule has 0 atom stereocenters. The summed E-state index contributed by atoms with van der Waals surface area (Å²) < 4.78 is 5.14. The van der Waals surface area contributed by atoms with Gasteiger partial charge in [-0.3, -0.25) is 0 Å². The van der Waals surface area contributed by atoms with Crippen molar-refractivity contribution in [3.05, 3.63) is 23.7 Å². The van der Waals surface area contributed by atoms with E-state index in [-0.39, 0.29) is 0 Å². The van der Waals surface area contributed by atoms with Gasteiger partial charge in [-0.25, -0.2) is 0 Å². The molecule has 72 valence electrons. The molecular formula is C8H14N4O. The Bertz CT molecular complexity index is 305. The molecule has 5 heteroatoms. The minimum absolute atomic E-state index is 0.306. The van der Waals surface area contributed by atoms with Crippen LogP contribution >= 0.6 is 0 Å². The number of aryl methyl sites for hydroxylation is 1. The molecule has 1 heterocycles. The normalized spacial score (nSPS) is 11.7. The van der Waals surface area contributed by atoms with Crippen LogP contribution in [0.3, 0.4) is 0 Å². The number of hydrazone groups is 1. The highest BCUT2D eigenvalue weighted by Gasteiger charge is 2.06. The van der Waals surface area contributed by atoms with Crippen LogP contribution in [0.4, 0.5) is 0 Å². The maximum atomic E-state index is 5.50. The molecule has 0 aliphatic rings. The Morgan fingerprint density at radius 3 is 2.85 bits per heavy atom. The smallest absolute Gasteiger partial charge is 0.213 e. The number of hydrogen-bond donors (Lipinski definition) is 2. The summed E-state index contributed by atoms with van der Waals surface area (Å²) in [6.07, 6.45) is 1.65. The van der Waals surface area contributed by atoms with E-state index in [1.54, 1.807) is 11.2 Å². The van der Waals surface area contributed by atoms with E-state index < -0.39 is 0 Å². The number of guanidine groups is 1. The Hall–Kier alpha value is -1.65. The Balaban J connectivity index is 2.65. The van der Waals surface area contributed by atoms with Crippen molar-refractivity contribution in [3.8, 4) is 0 Å². The van der Waals surface area contributed by atoms with Crippen molar-refractivity contribution in [3.63, 3.8) is 0 Å². The van der Waals surface area contributed by atoms with E-state index in [4.69, 9.17) is 16.0 Å². The number of nitrogens with two attached hydrogens (primary N) is 2. The highest BCUT2D eigenvalue weighted by molar-refractivity contribution is 5.77. The molecule has 0 unspecified atom stereocenters. The van der Waals surface area contributed by atoms with E-state index in [1.165, 1.54) is 0 Å². The third-order valence-corrected chi connectivity index (χ3v) is 1.90. The lowest BCUT2D eigenvalue weighted by molar-refractivity contribution is 0.475. The molecule has 13 heavy (non-hydrogen) atoms. The third-order valence-electron chi connectivity index (χ3n) is 1.90. The summed E-state index contributed by atoms with van der Waals surface area (Å²) in [5, 5.41) is 3.39. The van der Waals surface area contributed by atoms with Gasteiger partial charge in [-0.05, 0) is 13.0 Å². The summed E-state index contributed by atoms with van der Waals surface area (Å²) in [6.45, 7) is 2.55. The van der Waals surface area contributed by atoms with Crippen LogP contribution in [0.15, 0.2) is 21.8 Å². The van der Waals surface area contributed by atoms with E-state index in [1.807, 2.05) is 20.0 Å². The third kappa shape index (κ3) is 2.14. The summed E-state index contributed by atoms with van der Waals surface area (Å²) in [6, 6.07) is 1.90. The average molecular weight is 182 g/mol. The van der Waals surface area contributed by atoms with Gasteiger partial charge in [0, 0.05) is 19.2 Å². The van der Waals surface area contributed by atoms with E-state index in [2.05, 4.69) is 5.10 Å². The van der Waals surface area contributed by atoms with Crippen molar-refractivity contribution in [1.29, 1.82) is 0 Å². The summed E-state index contributed by atoms with van der Waals surface area (Å²) in [5.74, 6) is 6.23.